The largest absolute Gasteiger partial charge is 0.354 e. The van der Waals surface area contributed by atoms with Crippen LogP contribution in [0.25, 0.3) is 0 Å². The summed E-state index contributed by atoms with van der Waals surface area (Å²) < 4.78 is 0. The standard InChI is InChI=1S/C13H12Cl3N3S/c1-2-5-17-13-18-7-10(16)12(19-13)20-11-6-8(14)3-4-9(11)15/h3-4,6-7H,2,5H2,1H3,(H,17,18,19). The van der Waals surface area contributed by atoms with Gasteiger partial charge in [-0.3, -0.25) is 0 Å². The van der Waals surface area contributed by atoms with Crippen LogP contribution in [0.2, 0.25) is 15.1 Å². The van der Waals surface area contributed by atoms with E-state index in [4.69, 9.17) is 34.8 Å². The minimum Gasteiger partial charge on any atom is -0.354 e. The fraction of sp³-hybridized carbons (Fsp3) is 0.231. The van der Waals surface area contributed by atoms with Gasteiger partial charge >= 0.3 is 0 Å². The van der Waals surface area contributed by atoms with E-state index in [0.717, 1.165) is 17.9 Å². The Morgan fingerprint density at radius 3 is 2.75 bits per heavy atom. The third-order valence-corrected chi connectivity index (χ3v) is 4.47. The van der Waals surface area contributed by atoms with Crippen molar-refractivity contribution < 1.29 is 0 Å². The molecule has 0 aliphatic rings. The smallest absolute Gasteiger partial charge is 0.223 e. The molecule has 0 saturated heterocycles. The number of halogens is 3. The quantitative estimate of drug-likeness (QED) is 0.733. The van der Waals surface area contributed by atoms with Crippen molar-refractivity contribution in [1.82, 2.24) is 9.97 Å². The summed E-state index contributed by atoms with van der Waals surface area (Å²) in [5.74, 6) is 0.553. The van der Waals surface area contributed by atoms with Crippen molar-refractivity contribution in [2.24, 2.45) is 0 Å². The number of nitrogens with zero attached hydrogens (tertiary/aromatic N) is 2. The molecule has 7 heteroatoms. The molecule has 1 aromatic heterocycles. The van der Waals surface area contributed by atoms with E-state index < -0.39 is 0 Å². The summed E-state index contributed by atoms with van der Waals surface area (Å²) in [4.78, 5) is 9.32. The fourth-order valence-electron chi connectivity index (χ4n) is 1.40. The molecule has 0 aliphatic carbocycles. The maximum Gasteiger partial charge on any atom is 0.223 e. The third-order valence-electron chi connectivity index (χ3n) is 2.34. The zero-order valence-electron chi connectivity index (χ0n) is 10.7. The summed E-state index contributed by atoms with van der Waals surface area (Å²) >= 11 is 19.6. The van der Waals surface area contributed by atoms with Gasteiger partial charge < -0.3 is 5.32 Å². The number of hydrogen-bond acceptors (Lipinski definition) is 4. The first-order valence-corrected chi connectivity index (χ1v) is 7.94. The zero-order chi connectivity index (χ0) is 14.5. The van der Waals surface area contributed by atoms with Crippen LogP contribution in [0.1, 0.15) is 13.3 Å². The number of nitrogens with one attached hydrogen (secondary N) is 1. The maximum atomic E-state index is 6.14. The molecule has 0 fully saturated rings. The molecule has 1 N–H and O–H groups in total. The monoisotopic (exact) mass is 347 g/mol. The average Bonchev–Trinajstić information content (AvgIpc) is 2.43. The number of benzene rings is 1. The highest BCUT2D eigenvalue weighted by atomic mass is 35.5. The second-order valence-corrected chi connectivity index (χ2v) is 6.23. The van der Waals surface area contributed by atoms with Gasteiger partial charge in [-0.25, -0.2) is 9.97 Å². The molecule has 0 radical (unpaired) electrons. The van der Waals surface area contributed by atoms with Crippen LogP contribution in [0, 0.1) is 0 Å². The third kappa shape index (κ3) is 4.16. The topological polar surface area (TPSA) is 37.8 Å². The van der Waals surface area contributed by atoms with E-state index in [1.165, 1.54) is 11.8 Å². The van der Waals surface area contributed by atoms with Crippen LogP contribution in [0.3, 0.4) is 0 Å². The lowest BCUT2D eigenvalue weighted by Gasteiger charge is -2.08. The van der Waals surface area contributed by atoms with Crippen LogP contribution in [0.5, 0.6) is 0 Å². The summed E-state index contributed by atoms with van der Waals surface area (Å²) in [6.07, 6.45) is 2.57. The van der Waals surface area contributed by atoms with Crippen molar-refractivity contribution in [1.29, 1.82) is 0 Å². The van der Waals surface area contributed by atoms with E-state index in [0.29, 0.717) is 26.0 Å². The van der Waals surface area contributed by atoms with Crippen molar-refractivity contribution >= 4 is 52.5 Å². The Balaban J connectivity index is 2.25. The van der Waals surface area contributed by atoms with E-state index in [-0.39, 0.29) is 0 Å². The molecule has 2 aromatic rings. The fourth-order valence-corrected chi connectivity index (χ4v) is 2.92. The second-order valence-electron chi connectivity index (χ2n) is 3.95. The first-order chi connectivity index (χ1) is 9.60. The molecule has 0 amide bonds. The summed E-state index contributed by atoms with van der Waals surface area (Å²) in [5, 5.41) is 5.47. The van der Waals surface area contributed by atoms with Crippen molar-refractivity contribution in [2.75, 3.05) is 11.9 Å². The highest BCUT2D eigenvalue weighted by Gasteiger charge is 2.10. The van der Waals surface area contributed by atoms with Gasteiger partial charge in [-0.15, -0.1) is 0 Å². The molecular weight excluding hydrogens is 337 g/mol. The molecule has 2 rings (SSSR count). The van der Waals surface area contributed by atoms with E-state index in [9.17, 15) is 0 Å². The molecule has 0 aliphatic heterocycles. The molecule has 0 spiro atoms. The minimum absolute atomic E-state index is 0.480. The Bertz CT molecular complexity index is 607. The van der Waals surface area contributed by atoms with Crippen molar-refractivity contribution in [3.63, 3.8) is 0 Å². The van der Waals surface area contributed by atoms with Crippen LogP contribution < -0.4 is 5.32 Å². The zero-order valence-corrected chi connectivity index (χ0v) is 13.7. The van der Waals surface area contributed by atoms with Crippen LogP contribution in [-0.2, 0) is 0 Å². The highest BCUT2D eigenvalue weighted by Crippen LogP contribution is 2.37. The lowest BCUT2D eigenvalue weighted by atomic mass is 10.4. The second kappa shape index (κ2) is 7.36. The molecule has 0 unspecified atom stereocenters. The molecule has 20 heavy (non-hydrogen) atoms. The van der Waals surface area contributed by atoms with E-state index in [2.05, 4.69) is 22.2 Å². The molecule has 0 bridgehead atoms. The summed E-state index contributed by atoms with van der Waals surface area (Å²) in [6, 6.07) is 5.27. The predicted molar refractivity (Wildman–Crippen MR) is 86.4 cm³/mol. The summed E-state index contributed by atoms with van der Waals surface area (Å²) in [6.45, 7) is 2.88. The molecule has 1 aromatic carbocycles. The number of anilines is 1. The summed E-state index contributed by atoms with van der Waals surface area (Å²) in [5.41, 5.74) is 0. The highest BCUT2D eigenvalue weighted by molar-refractivity contribution is 7.99. The maximum absolute atomic E-state index is 6.14. The van der Waals surface area contributed by atoms with Gasteiger partial charge in [-0.2, -0.15) is 0 Å². The van der Waals surface area contributed by atoms with Gasteiger partial charge in [-0.05, 0) is 24.6 Å². The van der Waals surface area contributed by atoms with Gasteiger partial charge in [0, 0.05) is 16.5 Å². The lowest BCUT2D eigenvalue weighted by Crippen LogP contribution is -2.04. The van der Waals surface area contributed by atoms with Crippen LogP contribution >= 0.6 is 46.6 Å². The van der Waals surface area contributed by atoms with Crippen molar-refractivity contribution in [3.05, 3.63) is 39.5 Å². The Morgan fingerprint density at radius 1 is 1.20 bits per heavy atom. The molecule has 0 atom stereocenters. The van der Waals surface area contributed by atoms with E-state index >= 15 is 0 Å². The van der Waals surface area contributed by atoms with Gasteiger partial charge in [-0.1, -0.05) is 53.5 Å². The van der Waals surface area contributed by atoms with Crippen LogP contribution in [-0.4, -0.2) is 16.5 Å². The van der Waals surface area contributed by atoms with Gasteiger partial charge in [0.1, 0.15) is 5.03 Å². The Kier molecular flexibility index (Phi) is 5.78. The van der Waals surface area contributed by atoms with E-state index in [1.54, 1.807) is 24.4 Å². The Labute approximate surface area is 137 Å². The normalized spacial score (nSPS) is 10.6. The predicted octanol–water partition coefficient (Wildman–Crippen LogP) is 5.41. The van der Waals surface area contributed by atoms with E-state index in [1.807, 2.05) is 0 Å². The van der Waals surface area contributed by atoms with Gasteiger partial charge in [0.15, 0.2) is 0 Å². The Morgan fingerprint density at radius 2 is 2.00 bits per heavy atom. The van der Waals surface area contributed by atoms with Gasteiger partial charge in [0.05, 0.1) is 16.2 Å². The SMILES string of the molecule is CCCNc1ncc(Cl)c(Sc2cc(Cl)ccc2Cl)n1. The average molecular weight is 349 g/mol. The van der Waals surface area contributed by atoms with Crippen LogP contribution in [0.15, 0.2) is 34.3 Å². The number of hydrogen-bond donors (Lipinski definition) is 1. The lowest BCUT2D eigenvalue weighted by molar-refractivity contribution is 0.935. The molecular formula is C13H12Cl3N3S. The van der Waals surface area contributed by atoms with Crippen LogP contribution in [0.4, 0.5) is 5.95 Å². The number of aromatic nitrogens is 2. The number of rotatable bonds is 5. The molecule has 106 valence electrons. The van der Waals surface area contributed by atoms with Gasteiger partial charge in [0.25, 0.3) is 0 Å². The first kappa shape index (κ1) is 15.7. The van der Waals surface area contributed by atoms with Crippen molar-refractivity contribution in [2.45, 2.75) is 23.3 Å². The Hall–Kier alpha value is -0.680. The summed E-state index contributed by atoms with van der Waals surface area (Å²) in [7, 11) is 0. The first-order valence-electron chi connectivity index (χ1n) is 5.99. The minimum atomic E-state index is 0.480. The van der Waals surface area contributed by atoms with Gasteiger partial charge in [0.2, 0.25) is 5.95 Å². The van der Waals surface area contributed by atoms with Crippen molar-refractivity contribution in [3.8, 4) is 0 Å². The molecule has 1 heterocycles. The molecule has 0 saturated carbocycles. The molecule has 3 nitrogen and oxygen atoms in total.